The van der Waals surface area contributed by atoms with Crippen LogP contribution >= 0.6 is 0 Å². The van der Waals surface area contributed by atoms with Gasteiger partial charge in [0, 0.05) is 24.3 Å². The van der Waals surface area contributed by atoms with E-state index in [2.05, 4.69) is 5.32 Å². The fraction of sp³-hybridized carbons (Fsp3) is 0.333. The molecule has 1 saturated heterocycles. The number of hydrogen-bond acceptors (Lipinski definition) is 2. The molecule has 19 heavy (non-hydrogen) atoms. The highest BCUT2D eigenvalue weighted by Gasteiger charge is 2.22. The van der Waals surface area contributed by atoms with Crippen LogP contribution in [0.2, 0.25) is 0 Å². The summed E-state index contributed by atoms with van der Waals surface area (Å²) in [6, 6.07) is 5.61. The van der Waals surface area contributed by atoms with Gasteiger partial charge in [0.15, 0.2) is 0 Å². The van der Waals surface area contributed by atoms with E-state index in [0.717, 1.165) is 29.9 Å². The second-order valence-corrected chi connectivity index (χ2v) is 4.64. The van der Waals surface area contributed by atoms with E-state index in [-0.39, 0.29) is 11.8 Å². The van der Waals surface area contributed by atoms with E-state index in [0.29, 0.717) is 6.42 Å². The molecule has 100 valence electrons. The lowest BCUT2D eigenvalue weighted by Gasteiger charge is -2.19. The molecule has 0 bridgehead atoms. The van der Waals surface area contributed by atoms with Crippen molar-refractivity contribution < 1.29 is 9.59 Å². The largest absolute Gasteiger partial charge is 0.323 e. The molecule has 4 nitrogen and oxygen atoms in total. The number of benzene rings is 1. The number of nitrogens with zero attached hydrogens (tertiary/aromatic N) is 1. The van der Waals surface area contributed by atoms with Crippen LogP contribution in [0.4, 0.5) is 11.4 Å². The molecule has 0 aliphatic carbocycles. The average molecular weight is 258 g/mol. The van der Waals surface area contributed by atoms with Crippen molar-refractivity contribution in [3.05, 3.63) is 35.9 Å². The van der Waals surface area contributed by atoms with Gasteiger partial charge in [0.1, 0.15) is 0 Å². The van der Waals surface area contributed by atoms with Gasteiger partial charge in [0.05, 0.1) is 0 Å². The molecule has 1 N–H and O–H groups in total. The summed E-state index contributed by atoms with van der Waals surface area (Å²) in [4.78, 5) is 25.0. The molecule has 0 saturated carbocycles. The zero-order valence-electron chi connectivity index (χ0n) is 11.3. The molecule has 4 heteroatoms. The molecular weight excluding hydrogens is 240 g/mol. The van der Waals surface area contributed by atoms with Gasteiger partial charge in [-0.25, -0.2) is 0 Å². The van der Waals surface area contributed by atoms with Crippen LogP contribution in [-0.4, -0.2) is 18.4 Å². The summed E-state index contributed by atoms with van der Waals surface area (Å²) in [6.07, 6.45) is 4.71. The Labute approximate surface area is 113 Å². The van der Waals surface area contributed by atoms with Crippen molar-refractivity contribution in [3.8, 4) is 0 Å². The Morgan fingerprint density at radius 1 is 1.42 bits per heavy atom. The van der Waals surface area contributed by atoms with Crippen LogP contribution in [0.1, 0.15) is 25.3 Å². The lowest BCUT2D eigenvalue weighted by atomic mass is 10.1. The van der Waals surface area contributed by atoms with Gasteiger partial charge in [-0.15, -0.1) is 0 Å². The number of rotatable bonds is 3. The van der Waals surface area contributed by atoms with Crippen LogP contribution in [-0.2, 0) is 9.59 Å². The third-order valence-corrected chi connectivity index (χ3v) is 3.15. The van der Waals surface area contributed by atoms with Crippen LogP contribution in [0.25, 0.3) is 0 Å². The fourth-order valence-electron chi connectivity index (χ4n) is 2.27. The zero-order chi connectivity index (χ0) is 13.8. The van der Waals surface area contributed by atoms with Crippen LogP contribution in [0.15, 0.2) is 30.4 Å². The average Bonchev–Trinajstić information content (AvgIpc) is 2.76. The highest BCUT2D eigenvalue weighted by Crippen LogP contribution is 2.27. The van der Waals surface area contributed by atoms with Crippen LogP contribution in [0.3, 0.4) is 0 Å². The lowest BCUT2D eigenvalue weighted by Crippen LogP contribution is -2.24. The summed E-state index contributed by atoms with van der Waals surface area (Å²) >= 11 is 0. The number of allylic oxidation sites excluding steroid dienone is 1. The maximum absolute atomic E-state index is 11.7. The third kappa shape index (κ3) is 3.02. The topological polar surface area (TPSA) is 49.4 Å². The van der Waals surface area contributed by atoms with E-state index < -0.39 is 0 Å². The van der Waals surface area contributed by atoms with E-state index in [4.69, 9.17) is 0 Å². The molecule has 2 rings (SSSR count). The first-order valence-electron chi connectivity index (χ1n) is 6.46. The Balaban J connectivity index is 2.17. The van der Waals surface area contributed by atoms with Gasteiger partial charge in [-0.1, -0.05) is 6.08 Å². The molecule has 1 aliphatic rings. The van der Waals surface area contributed by atoms with Gasteiger partial charge in [-0.05, 0) is 50.1 Å². The van der Waals surface area contributed by atoms with Gasteiger partial charge in [0.25, 0.3) is 0 Å². The number of hydrogen-bond donors (Lipinski definition) is 1. The number of carbonyl (C=O) groups is 2. The van der Waals surface area contributed by atoms with Crippen LogP contribution in [0.5, 0.6) is 0 Å². The van der Waals surface area contributed by atoms with E-state index >= 15 is 0 Å². The molecule has 0 spiro atoms. The predicted octanol–water partition coefficient (Wildman–Crippen LogP) is 2.64. The molecule has 1 aromatic rings. The number of carbonyl (C=O) groups excluding carboxylic acids is 2. The van der Waals surface area contributed by atoms with Crippen molar-refractivity contribution in [1.82, 2.24) is 0 Å². The van der Waals surface area contributed by atoms with E-state index in [1.807, 2.05) is 30.0 Å². The van der Waals surface area contributed by atoms with Crippen molar-refractivity contribution in [3.63, 3.8) is 0 Å². The number of amides is 2. The van der Waals surface area contributed by atoms with Crippen molar-refractivity contribution >= 4 is 23.2 Å². The lowest BCUT2D eigenvalue weighted by molar-refractivity contribution is -0.117. The first kappa shape index (κ1) is 13.3. The minimum Gasteiger partial charge on any atom is -0.323 e. The van der Waals surface area contributed by atoms with Gasteiger partial charge in [-0.2, -0.15) is 0 Å². The monoisotopic (exact) mass is 258 g/mol. The fourth-order valence-corrected chi connectivity index (χ4v) is 2.27. The SMILES string of the molecule is CC=CC(=O)Nc1ccc(N2CCCC2=O)c(C)c1. The quantitative estimate of drug-likeness (QED) is 0.847. The smallest absolute Gasteiger partial charge is 0.248 e. The third-order valence-electron chi connectivity index (χ3n) is 3.15. The Hall–Kier alpha value is -2.10. The molecule has 0 unspecified atom stereocenters. The Morgan fingerprint density at radius 2 is 2.21 bits per heavy atom. The van der Waals surface area contributed by atoms with Crippen LogP contribution in [0, 0.1) is 6.92 Å². The predicted molar refractivity (Wildman–Crippen MR) is 76.2 cm³/mol. The highest BCUT2D eigenvalue weighted by atomic mass is 16.2. The molecular formula is C15H18N2O2. The molecule has 0 radical (unpaired) electrons. The molecule has 1 heterocycles. The summed E-state index contributed by atoms with van der Waals surface area (Å²) in [6.45, 7) is 4.53. The summed E-state index contributed by atoms with van der Waals surface area (Å²) in [5.74, 6) is 0.0284. The maximum Gasteiger partial charge on any atom is 0.248 e. The Morgan fingerprint density at radius 3 is 2.79 bits per heavy atom. The summed E-state index contributed by atoms with van der Waals surface area (Å²) in [5, 5.41) is 2.78. The van der Waals surface area contributed by atoms with E-state index in [9.17, 15) is 9.59 Å². The molecule has 1 aromatic carbocycles. The zero-order valence-corrected chi connectivity index (χ0v) is 11.3. The second-order valence-electron chi connectivity index (χ2n) is 4.64. The van der Waals surface area contributed by atoms with E-state index in [1.165, 1.54) is 6.08 Å². The maximum atomic E-state index is 11.7. The normalized spacial score (nSPS) is 15.3. The molecule has 1 fully saturated rings. The first-order valence-corrected chi connectivity index (χ1v) is 6.46. The van der Waals surface area contributed by atoms with Gasteiger partial charge < -0.3 is 10.2 Å². The Kier molecular flexibility index (Phi) is 4.00. The van der Waals surface area contributed by atoms with Gasteiger partial charge >= 0.3 is 0 Å². The molecule has 0 atom stereocenters. The number of anilines is 2. The summed E-state index contributed by atoms with van der Waals surface area (Å²) in [7, 11) is 0. The minimum atomic E-state index is -0.146. The summed E-state index contributed by atoms with van der Waals surface area (Å²) in [5.41, 5.74) is 2.68. The minimum absolute atomic E-state index is 0.146. The summed E-state index contributed by atoms with van der Waals surface area (Å²) < 4.78 is 0. The first-order chi connectivity index (χ1) is 9.11. The molecule has 2 amide bonds. The van der Waals surface area contributed by atoms with Crippen molar-refractivity contribution in [2.45, 2.75) is 26.7 Å². The Bertz CT molecular complexity index is 535. The van der Waals surface area contributed by atoms with Crippen molar-refractivity contribution in [2.24, 2.45) is 0 Å². The van der Waals surface area contributed by atoms with Crippen LogP contribution < -0.4 is 10.2 Å². The molecule has 0 aromatic heterocycles. The van der Waals surface area contributed by atoms with Gasteiger partial charge in [0.2, 0.25) is 11.8 Å². The van der Waals surface area contributed by atoms with E-state index in [1.54, 1.807) is 13.0 Å². The standard InChI is InChI=1S/C15H18N2O2/c1-3-5-14(18)16-12-7-8-13(11(2)10-12)17-9-4-6-15(17)19/h3,5,7-8,10H,4,6,9H2,1-2H3,(H,16,18). The number of nitrogens with one attached hydrogen (secondary N) is 1. The number of aryl methyl sites for hydroxylation is 1. The van der Waals surface area contributed by atoms with Gasteiger partial charge in [-0.3, -0.25) is 9.59 Å². The highest BCUT2D eigenvalue weighted by molar-refractivity contribution is 6.00. The molecule has 1 aliphatic heterocycles. The second kappa shape index (κ2) is 5.69. The van der Waals surface area contributed by atoms with Crippen molar-refractivity contribution in [1.29, 1.82) is 0 Å². The van der Waals surface area contributed by atoms with Crippen molar-refractivity contribution in [2.75, 3.05) is 16.8 Å².